The van der Waals surface area contributed by atoms with Gasteiger partial charge in [0.25, 0.3) is 5.56 Å². The van der Waals surface area contributed by atoms with E-state index < -0.39 is 15.6 Å². The highest BCUT2D eigenvalue weighted by Gasteiger charge is 2.28. The molecule has 1 aromatic carbocycles. The molecule has 1 atom stereocenters. The Hall–Kier alpha value is -2.26. The molecule has 3 heterocycles. The van der Waals surface area contributed by atoms with Gasteiger partial charge in [-0.15, -0.1) is 0 Å². The van der Waals surface area contributed by atoms with Crippen molar-refractivity contribution in [2.45, 2.75) is 51.0 Å². The zero-order valence-electron chi connectivity index (χ0n) is 18.2. The highest BCUT2D eigenvalue weighted by Crippen LogP contribution is 2.24. The van der Waals surface area contributed by atoms with Crippen LogP contribution in [-0.4, -0.2) is 59.3 Å². The van der Waals surface area contributed by atoms with Crippen molar-refractivity contribution < 1.29 is 13.2 Å². The summed E-state index contributed by atoms with van der Waals surface area (Å²) in [6, 6.07) is 4.48. The molecule has 0 bridgehead atoms. The summed E-state index contributed by atoms with van der Waals surface area (Å²) >= 11 is 0. The molecule has 0 spiro atoms. The van der Waals surface area contributed by atoms with E-state index in [0.29, 0.717) is 43.5 Å². The fraction of sp³-hybridized carbons (Fsp3) is 0.591. The first-order valence-electron chi connectivity index (χ1n) is 11.0. The predicted octanol–water partition coefficient (Wildman–Crippen LogP) is 2.08. The van der Waals surface area contributed by atoms with Crippen molar-refractivity contribution in [3.8, 4) is 0 Å². The minimum absolute atomic E-state index is 0.0878. The molecule has 0 unspecified atom stereocenters. The molecule has 168 valence electrons. The van der Waals surface area contributed by atoms with Crippen LogP contribution in [0.1, 0.15) is 39.5 Å². The van der Waals surface area contributed by atoms with Crippen molar-refractivity contribution in [2.75, 3.05) is 26.2 Å². The number of hydrogen-bond donors (Lipinski definition) is 0. The van der Waals surface area contributed by atoms with E-state index in [1.165, 1.54) is 27.3 Å². The summed E-state index contributed by atoms with van der Waals surface area (Å²) in [5.74, 6) is 0.857. The number of carbonyl (C=O) groups excluding carboxylic acids is 1. The Kier molecular flexibility index (Phi) is 6.16. The third-order valence-electron chi connectivity index (χ3n) is 6.49. The maximum atomic E-state index is 13.1. The molecule has 31 heavy (non-hydrogen) atoms. The van der Waals surface area contributed by atoms with Crippen LogP contribution in [-0.2, 0) is 21.4 Å². The Balaban J connectivity index is 1.61. The number of hydrogen-bond acceptors (Lipinski definition) is 5. The Morgan fingerprint density at radius 3 is 2.55 bits per heavy atom. The molecule has 0 aliphatic carbocycles. The zero-order chi connectivity index (χ0) is 22.2. The summed E-state index contributed by atoms with van der Waals surface area (Å²) in [5.41, 5.74) is 0.0271. The van der Waals surface area contributed by atoms with Crippen LogP contribution in [0.4, 0.5) is 0 Å². The fourth-order valence-electron chi connectivity index (χ4n) is 4.45. The molecule has 0 saturated carbocycles. The average Bonchev–Trinajstić information content (AvgIpc) is 2.76. The van der Waals surface area contributed by atoms with Gasteiger partial charge in [-0.1, -0.05) is 13.8 Å². The van der Waals surface area contributed by atoms with Gasteiger partial charge in [-0.3, -0.25) is 14.2 Å². The van der Waals surface area contributed by atoms with Gasteiger partial charge in [-0.05, 0) is 55.7 Å². The highest BCUT2D eigenvalue weighted by atomic mass is 32.2. The summed E-state index contributed by atoms with van der Waals surface area (Å²) in [6.45, 7) is 6.54. The number of fused-ring (bicyclic) bond motifs is 1. The van der Waals surface area contributed by atoms with Gasteiger partial charge in [0, 0.05) is 26.2 Å². The van der Waals surface area contributed by atoms with Gasteiger partial charge in [0.05, 0.1) is 22.1 Å². The van der Waals surface area contributed by atoms with Crippen LogP contribution in [0, 0.1) is 11.8 Å². The van der Waals surface area contributed by atoms with Crippen LogP contribution in [0.2, 0.25) is 0 Å². The van der Waals surface area contributed by atoms with Gasteiger partial charge in [-0.25, -0.2) is 13.4 Å². The maximum Gasteiger partial charge on any atom is 0.261 e. The van der Waals surface area contributed by atoms with Gasteiger partial charge in [-0.2, -0.15) is 4.31 Å². The van der Waals surface area contributed by atoms with E-state index in [0.717, 1.165) is 25.7 Å². The lowest BCUT2D eigenvalue weighted by Crippen LogP contribution is -2.42. The molecule has 0 N–H and O–H groups in total. The van der Waals surface area contributed by atoms with Crippen molar-refractivity contribution in [1.29, 1.82) is 0 Å². The molecule has 9 heteroatoms. The lowest BCUT2D eigenvalue weighted by Gasteiger charge is -2.31. The Morgan fingerprint density at radius 2 is 1.84 bits per heavy atom. The largest absolute Gasteiger partial charge is 0.341 e. The van der Waals surface area contributed by atoms with E-state index in [1.54, 1.807) is 11.0 Å². The second-order valence-electron chi connectivity index (χ2n) is 9.03. The molecule has 2 aliphatic rings. The summed E-state index contributed by atoms with van der Waals surface area (Å²) < 4.78 is 28.9. The lowest BCUT2D eigenvalue weighted by atomic mass is 10.0. The van der Waals surface area contributed by atoms with Gasteiger partial charge < -0.3 is 4.90 Å². The molecular formula is C22H30N4O4S. The number of carbonyl (C=O) groups is 1. The number of aromatic nitrogens is 2. The van der Waals surface area contributed by atoms with Gasteiger partial charge in [0.2, 0.25) is 15.9 Å². The van der Waals surface area contributed by atoms with Crippen molar-refractivity contribution in [3.63, 3.8) is 0 Å². The molecule has 2 aliphatic heterocycles. The van der Waals surface area contributed by atoms with Crippen LogP contribution in [0.15, 0.2) is 34.2 Å². The van der Waals surface area contributed by atoms with Gasteiger partial charge >= 0.3 is 0 Å². The minimum atomic E-state index is -3.67. The number of benzene rings is 1. The van der Waals surface area contributed by atoms with Crippen molar-refractivity contribution in [2.24, 2.45) is 11.8 Å². The van der Waals surface area contributed by atoms with E-state index >= 15 is 0 Å². The monoisotopic (exact) mass is 446 g/mol. The van der Waals surface area contributed by atoms with E-state index in [2.05, 4.69) is 18.8 Å². The van der Waals surface area contributed by atoms with E-state index in [4.69, 9.17) is 0 Å². The number of amides is 1. The molecule has 2 saturated heterocycles. The second kappa shape index (κ2) is 8.70. The molecule has 8 nitrogen and oxygen atoms in total. The Morgan fingerprint density at radius 1 is 1.10 bits per heavy atom. The summed E-state index contributed by atoms with van der Waals surface area (Å²) in [5, 5.41) is 0.216. The molecule has 2 aromatic rings. The van der Waals surface area contributed by atoms with Crippen LogP contribution >= 0.6 is 0 Å². The summed E-state index contributed by atoms with van der Waals surface area (Å²) in [6.07, 6.45) is 5.11. The number of rotatable bonds is 4. The molecule has 2 fully saturated rings. The van der Waals surface area contributed by atoms with Crippen molar-refractivity contribution in [3.05, 3.63) is 34.9 Å². The first-order chi connectivity index (χ1) is 14.8. The zero-order valence-corrected chi connectivity index (χ0v) is 19.0. The first-order valence-corrected chi connectivity index (χ1v) is 12.5. The quantitative estimate of drug-likeness (QED) is 0.717. The van der Waals surface area contributed by atoms with E-state index in [1.807, 2.05) is 0 Å². The minimum Gasteiger partial charge on any atom is -0.341 e. The Labute approximate surface area is 182 Å². The number of nitrogens with zero attached hydrogens (tertiary/aromatic N) is 4. The van der Waals surface area contributed by atoms with E-state index in [9.17, 15) is 18.0 Å². The number of piperidine rings is 2. The van der Waals surface area contributed by atoms with E-state index in [-0.39, 0.29) is 22.7 Å². The normalized spacial score (nSPS) is 21.5. The number of likely N-dealkylation sites (tertiary alicyclic amines) is 1. The smallest absolute Gasteiger partial charge is 0.261 e. The van der Waals surface area contributed by atoms with Gasteiger partial charge in [0.15, 0.2) is 0 Å². The lowest BCUT2D eigenvalue weighted by molar-refractivity contribution is -0.133. The third-order valence-corrected chi connectivity index (χ3v) is 8.39. The predicted molar refractivity (Wildman–Crippen MR) is 118 cm³/mol. The maximum absolute atomic E-state index is 13.1. The standard InChI is InChI=1S/C22H30N4O4S/c1-16-7-10-26(11-8-16)31(29,30)18-5-6-20-19(12-18)22(28)25(15-23-20)14-21(27)24-9-3-4-17(2)13-24/h5-6,12,15-17H,3-4,7-11,13-14H2,1-2H3/t17-/m0/s1. The molecular weight excluding hydrogens is 416 g/mol. The first kappa shape index (κ1) is 22.0. The Bertz CT molecular complexity index is 1140. The third kappa shape index (κ3) is 4.52. The average molecular weight is 447 g/mol. The summed E-state index contributed by atoms with van der Waals surface area (Å²) in [4.78, 5) is 31.9. The van der Waals surface area contributed by atoms with Crippen LogP contribution in [0.5, 0.6) is 0 Å². The molecule has 1 aromatic heterocycles. The molecule has 4 rings (SSSR count). The van der Waals surface area contributed by atoms with Crippen LogP contribution in [0.3, 0.4) is 0 Å². The number of sulfonamides is 1. The SMILES string of the molecule is CC1CCN(S(=O)(=O)c2ccc3ncn(CC(=O)N4CCC[C@H](C)C4)c(=O)c3c2)CC1. The second-order valence-corrected chi connectivity index (χ2v) is 11.0. The van der Waals surface area contributed by atoms with Crippen LogP contribution in [0.25, 0.3) is 10.9 Å². The van der Waals surface area contributed by atoms with Crippen molar-refractivity contribution >= 4 is 26.8 Å². The molecule has 0 radical (unpaired) electrons. The van der Waals surface area contributed by atoms with Crippen molar-refractivity contribution in [1.82, 2.24) is 18.8 Å². The topological polar surface area (TPSA) is 92.6 Å². The van der Waals surface area contributed by atoms with Gasteiger partial charge in [0.1, 0.15) is 6.54 Å². The fourth-order valence-corrected chi connectivity index (χ4v) is 5.94. The van der Waals surface area contributed by atoms with Crippen LogP contribution < -0.4 is 5.56 Å². The summed E-state index contributed by atoms with van der Waals surface area (Å²) in [7, 11) is -3.67. The molecule has 1 amide bonds. The highest BCUT2D eigenvalue weighted by molar-refractivity contribution is 7.89.